The number of sulfonamides is 1. The summed E-state index contributed by atoms with van der Waals surface area (Å²) < 4.78 is 32.3. The van der Waals surface area contributed by atoms with Gasteiger partial charge in [-0.15, -0.1) is 0 Å². The maximum absolute atomic E-state index is 12.4. The number of aryl methyl sites for hydroxylation is 2. The van der Waals surface area contributed by atoms with E-state index in [0.29, 0.717) is 22.5 Å². The van der Waals surface area contributed by atoms with Gasteiger partial charge in [-0.1, -0.05) is 5.16 Å². The minimum Gasteiger partial charge on any atom is -0.399 e. The number of benzene rings is 1. The van der Waals surface area contributed by atoms with E-state index in [1.54, 1.807) is 26.8 Å². The second-order valence-corrected chi connectivity index (χ2v) is 6.44. The van der Waals surface area contributed by atoms with Crippen LogP contribution >= 0.6 is 0 Å². The molecule has 0 saturated carbocycles. The lowest BCUT2D eigenvalue weighted by atomic mass is 10.1. The van der Waals surface area contributed by atoms with Crippen LogP contribution in [0.2, 0.25) is 0 Å². The van der Waals surface area contributed by atoms with Crippen molar-refractivity contribution in [3.8, 4) is 0 Å². The molecule has 0 unspecified atom stereocenters. The predicted molar refractivity (Wildman–Crippen MR) is 77.1 cm³/mol. The molecule has 0 aliphatic rings. The molecule has 1 aromatic heterocycles. The van der Waals surface area contributed by atoms with Gasteiger partial charge in [0, 0.05) is 11.3 Å². The van der Waals surface area contributed by atoms with E-state index < -0.39 is 10.0 Å². The first kappa shape index (κ1) is 14.4. The van der Waals surface area contributed by atoms with Crippen LogP contribution < -0.4 is 10.5 Å². The molecule has 0 atom stereocenters. The van der Waals surface area contributed by atoms with Crippen molar-refractivity contribution in [3.63, 3.8) is 0 Å². The van der Waals surface area contributed by atoms with Gasteiger partial charge in [-0.2, -0.15) is 0 Å². The van der Waals surface area contributed by atoms with Gasteiger partial charge in [0.05, 0.1) is 10.6 Å². The van der Waals surface area contributed by atoms with E-state index in [9.17, 15) is 8.42 Å². The van der Waals surface area contributed by atoms with Crippen LogP contribution in [0.1, 0.15) is 22.4 Å². The molecule has 0 amide bonds. The highest BCUT2D eigenvalue weighted by molar-refractivity contribution is 7.92. The third kappa shape index (κ3) is 2.49. The van der Waals surface area contributed by atoms with Gasteiger partial charge in [0.25, 0.3) is 10.0 Å². The molecule has 6 nitrogen and oxygen atoms in total. The molecular formula is C13H17N3O3S. The van der Waals surface area contributed by atoms with Crippen molar-refractivity contribution in [2.24, 2.45) is 0 Å². The number of nitrogen functional groups attached to an aromatic ring is 1. The van der Waals surface area contributed by atoms with Crippen LogP contribution in [0.3, 0.4) is 0 Å². The van der Waals surface area contributed by atoms with Gasteiger partial charge < -0.3 is 10.3 Å². The Hall–Kier alpha value is -2.02. The fourth-order valence-electron chi connectivity index (χ4n) is 1.82. The summed E-state index contributed by atoms with van der Waals surface area (Å²) in [6.45, 7) is 7.03. The fourth-order valence-corrected chi connectivity index (χ4v) is 3.22. The largest absolute Gasteiger partial charge is 0.399 e. The number of nitrogens with one attached hydrogen (secondary N) is 1. The van der Waals surface area contributed by atoms with Crippen molar-refractivity contribution >= 4 is 21.6 Å². The van der Waals surface area contributed by atoms with Crippen LogP contribution in [-0.2, 0) is 10.0 Å². The number of aromatic nitrogens is 1. The van der Waals surface area contributed by atoms with E-state index in [0.717, 1.165) is 5.56 Å². The molecule has 0 spiro atoms. The summed E-state index contributed by atoms with van der Waals surface area (Å²) in [5.74, 6) is 0.127. The Labute approximate surface area is 118 Å². The summed E-state index contributed by atoms with van der Waals surface area (Å²) in [6, 6.07) is 3.17. The van der Waals surface area contributed by atoms with E-state index in [-0.39, 0.29) is 10.8 Å². The molecule has 0 fully saturated rings. The zero-order valence-electron chi connectivity index (χ0n) is 11.8. The molecule has 0 radical (unpaired) electrons. The van der Waals surface area contributed by atoms with Crippen molar-refractivity contribution in [2.45, 2.75) is 32.6 Å². The third-order valence-corrected chi connectivity index (χ3v) is 4.77. The first-order chi connectivity index (χ1) is 9.22. The van der Waals surface area contributed by atoms with E-state index in [2.05, 4.69) is 9.88 Å². The monoisotopic (exact) mass is 295 g/mol. The molecule has 0 aliphatic heterocycles. The Bertz CT molecular complexity index is 763. The highest BCUT2D eigenvalue weighted by atomic mass is 32.2. The van der Waals surface area contributed by atoms with Gasteiger partial charge in [0.2, 0.25) is 5.88 Å². The Morgan fingerprint density at radius 3 is 2.35 bits per heavy atom. The van der Waals surface area contributed by atoms with Gasteiger partial charge in [-0.05, 0) is 51.0 Å². The lowest BCUT2D eigenvalue weighted by Crippen LogP contribution is -2.15. The van der Waals surface area contributed by atoms with Gasteiger partial charge in [0.1, 0.15) is 0 Å². The van der Waals surface area contributed by atoms with Gasteiger partial charge in [0.15, 0.2) is 0 Å². The molecule has 2 aromatic rings. The van der Waals surface area contributed by atoms with Crippen molar-refractivity contribution < 1.29 is 12.9 Å². The van der Waals surface area contributed by atoms with Crippen LogP contribution in [0.15, 0.2) is 21.6 Å². The Morgan fingerprint density at radius 1 is 1.15 bits per heavy atom. The molecule has 0 saturated heterocycles. The molecule has 0 bridgehead atoms. The minimum absolute atomic E-state index is 0.127. The maximum atomic E-state index is 12.4. The maximum Gasteiger partial charge on any atom is 0.264 e. The zero-order chi connectivity index (χ0) is 15.1. The molecule has 1 heterocycles. The molecule has 2 rings (SSSR count). The second kappa shape index (κ2) is 4.82. The Kier molecular flexibility index (Phi) is 3.47. The number of nitrogens with zero attached hydrogens (tertiary/aromatic N) is 1. The molecular weight excluding hydrogens is 278 g/mol. The van der Waals surface area contributed by atoms with Gasteiger partial charge >= 0.3 is 0 Å². The average Bonchev–Trinajstić information content (AvgIpc) is 2.65. The third-order valence-electron chi connectivity index (χ3n) is 3.32. The summed E-state index contributed by atoms with van der Waals surface area (Å²) in [7, 11) is -3.76. The van der Waals surface area contributed by atoms with E-state index in [1.165, 1.54) is 6.07 Å². The van der Waals surface area contributed by atoms with E-state index in [1.807, 2.05) is 6.92 Å². The van der Waals surface area contributed by atoms with Crippen molar-refractivity contribution in [3.05, 3.63) is 34.5 Å². The van der Waals surface area contributed by atoms with E-state index >= 15 is 0 Å². The summed E-state index contributed by atoms with van der Waals surface area (Å²) in [4.78, 5) is 0.142. The number of nitrogens with two attached hydrogens (primary N) is 1. The van der Waals surface area contributed by atoms with E-state index in [4.69, 9.17) is 10.3 Å². The first-order valence-electron chi connectivity index (χ1n) is 6.05. The molecule has 7 heteroatoms. The topological polar surface area (TPSA) is 98.2 Å². The van der Waals surface area contributed by atoms with Crippen LogP contribution in [0.25, 0.3) is 0 Å². The number of rotatable bonds is 3. The summed E-state index contributed by atoms with van der Waals surface area (Å²) in [5.41, 5.74) is 8.90. The minimum atomic E-state index is -3.76. The molecule has 108 valence electrons. The fraction of sp³-hybridized carbons (Fsp3) is 0.308. The average molecular weight is 295 g/mol. The number of hydrogen-bond donors (Lipinski definition) is 2. The first-order valence-corrected chi connectivity index (χ1v) is 7.53. The molecule has 1 aromatic carbocycles. The summed E-state index contributed by atoms with van der Waals surface area (Å²) in [5, 5.41) is 3.72. The van der Waals surface area contributed by atoms with Crippen LogP contribution in [-0.4, -0.2) is 13.6 Å². The lowest BCUT2D eigenvalue weighted by molar-refractivity contribution is 0.430. The summed E-state index contributed by atoms with van der Waals surface area (Å²) >= 11 is 0. The lowest BCUT2D eigenvalue weighted by Gasteiger charge is -2.11. The van der Waals surface area contributed by atoms with Crippen molar-refractivity contribution in [1.82, 2.24) is 5.16 Å². The Balaban J connectivity index is 2.49. The Morgan fingerprint density at radius 2 is 1.80 bits per heavy atom. The smallest absolute Gasteiger partial charge is 0.264 e. The SMILES string of the molecule is Cc1cc(N)cc(S(=O)(=O)Nc2onc(C)c2C)c1C. The molecule has 3 N–H and O–H groups in total. The van der Waals surface area contributed by atoms with Crippen LogP contribution in [0.4, 0.5) is 11.6 Å². The zero-order valence-corrected chi connectivity index (χ0v) is 12.6. The predicted octanol–water partition coefficient (Wildman–Crippen LogP) is 2.29. The number of anilines is 2. The van der Waals surface area contributed by atoms with Crippen molar-refractivity contribution in [2.75, 3.05) is 10.5 Å². The standard InChI is InChI=1S/C13H17N3O3S/c1-7-5-11(14)6-12(8(7)2)20(17,18)16-13-9(3)10(4)15-19-13/h5-6,16H,14H2,1-4H3. The van der Waals surface area contributed by atoms with Crippen LogP contribution in [0, 0.1) is 27.7 Å². The van der Waals surface area contributed by atoms with Gasteiger partial charge in [-0.3, -0.25) is 0 Å². The normalized spacial score (nSPS) is 11.6. The van der Waals surface area contributed by atoms with Gasteiger partial charge in [-0.25, -0.2) is 13.1 Å². The quantitative estimate of drug-likeness (QED) is 0.846. The number of hydrogen-bond acceptors (Lipinski definition) is 5. The van der Waals surface area contributed by atoms with Crippen LogP contribution in [0.5, 0.6) is 0 Å². The molecule has 0 aliphatic carbocycles. The summed E-state index contributed by atoms with van der Waals surface area (Å²) in [6.07, 6.45) is 0. The molecule has 20 heavy (non-hydrogen) atoms. The van der Waals surface area contributed by atoms with Crippen molar-refractivity contribution in [1.29, 1.82) is 0 Å². The highest BCUT2D eigenvalue weighted by Gasteiger charge is 2.22. The second-order valence-electron chi connectivity index (χ2n) is 4.79. The highest BCUT2D eigenvalue weighted by Crippen LogP contribution is 2.26.